The van der Waals surface area contributed by atoms with Crippen LogP contribution >= 0.6 is 0 Å². The van der Waals surface area contributed by atoms with E-state index in [9.17, 15) is 14.9 Å². The molecule has 2 N–H and O–H groups in total. The lowest BCUT2D eigenvalue weighted by atomic mass is 9.77. The number of hydrogen-bond donors (Lipinski definition) is 2. The lowest BCUT2D eigenvalue weighted by Gasteiger charge is -2.35. The van der Waals surface area contributed by atoms with Crippen molar-refractivity contribution in [2.45, 2.75) is 32.7 Å². The maximum atomic E-state index is 12.5. The first kappa shape index (κ1) is 15.4. The summed E-state index contributed by atoms with van der Waals surface area (Å²) in [5.74, 6) is 0.0312. The minimum Gasteiger partial charge on any atom is -0.351 e. The molecule has 21 heavy (non-hydrogen) atoms. The molecule has 0 aromatic heterocycles. The molecule has 6 heteroatoms. The molecule has 2 rings (SSSR count). The van der Waals surface area contributed by atoms with Crippen LogP contribution in [0.4, 0.5) is 5.69 Å². The number of nitrogens with one attached hydrogen (secondary N) is 2. The number of carbonyl (C=O) groups is 1. The van der Waals surface area contributed by atoms with Crippen molar-refractivity contribution in [1.82, 2.24) is 10.6 Å². The Hall–Kier alpha value is -1.95. The van der Waals surface area contributed by atoms with Crippen molar-refractivity contribution in [3.8, 4) is 0 Å². The topological polar surface area (TPSA) is 84.3 Å². The fourth-order valence-electron chi connectivity index (χ4n) is 2.77. The lowest BCUT2D eigenvalue weighted by molar-refractivity contribution is -0.384. The van der Waals surface area contributed by atoms with E-state index in [0.717, 1.165) is 31.4 Å². The minimum absolute atomic E-state index is 0.0312. The number of hydrogen-bond acceptors (Lipinski definition) is 4. The molecule has 1 atom stereocenters. The molecule has 0 saturated carbocycles. The highest BCUT2D eigenvalue weighted by Crippen LogP contribution is 2.30. The molecular formula is C15H21N3O3. The number of nitro groups is 1. The molecule has 114 valence electrons. The van der Waals surface area contributed by atoms with E-state index < -0.39 is 4.92 Å². The number of nitrogens with zero attached hydrogens (tertiary/aromatic N) is 1. The molecule has 1 heterocycles. The summed E-state index contributed by atoms with van der Waals surface area (Å²) < 4.78 is 0. The van der Waals surface area contributed by atoms with Crippen LogP contribution in [-0.2, 0) is 11.3 Å². The predicted molar refractivity (Wildman–Crippen MR) is 79.8 cm³/mol. The summed E-state index contributed by atoms with van der Waals surface area (Å²) in [7, 11) is 0. The van der Waals surface area contributed by atoms with Crippen LogP contribution in [0.15, 0.2) is 24.3 Å². The molecule has 1 aromatic rings. The van der Waals surface area contributed by atoms with Gasteiger partial charge in [-0.2, -0.15) is 0 Å². The molecule has 1 aliphatic heterocycles. The van der Waals surface area contributed by atoms with Crippen LogP contribution in [-0.4, -0.2) is 23.9 Å². The highest BCUT2D eigenvalue weighted by Gasteiger charge is 2.37. The Labute approximate surface area is 124 Å². The van der Waals surface area contributed by atoms with Gasteiger partial charge >= 0.3 is 0 Å². The molecular weight excluding hydrogens is 270 g/mol. The number of non-ortho nitro benzene ring substituents is 1. The Morgan fingerprint density at radius 3 is 2.95 bits per heavy atom. The standard InChI is InChI=1S/C15H21N3O3/c1-2-15(7-4-8-16-11-15)14(19)17-10-12-5-3-6-13(9-12)18(20)21/h3,5-6,9,16H,2,4,7-8,10-11H2,1H3,(H,17,19). The van der Waals surface area contributed by atoms with E-state index in [1.165, 1.54) is 12.1 Å². The SMILES string of the molecule is CCC1(C(=O)NCc2cccc([N+](=O)[O-])c2)CCCNC1. The highest BCUT2D eigenvalue weighted by atomic mass is 16.6. The Morgan fingerprint density at radius 1 is 1.52 bits per heavy atom. The Kier molecular flexibility index (Phi) is 4.90. The van der Waals surface area contributed by atoms with Crippen molar-refractivity contribution < 1.29 is 9.72 Å². The Bertz CT molecular complexity index is 525. The van der Waals surface area contributed by atoms with Gasteiger partial charge in [0.1, 0.15) is 0 Å². The summed E-state index contributed by atoms with van der Waals surface area (Å²) in [6.45, 7) is 4.01. The van der Waals surface area contributed by atoms with Crippen LogP contribution in [0.2, 0.25) is 0 Å². The van der Waals surface area contributed by atoms with Crippen molar-refractivity contribution in [3.63, 3.8) is 0 Å². The third kappa shape index (κ3) is 3.58. The van der Waals surface area contributed by atoms with Crippen LogP contribution in [0.5, 0.6) is 0 Å². The second-order valence-corrected chi connectivity index (χ2v) is 5.52. The third-order valence-electron chi connectivity index (χ3n) is 4.21. The average molecular weight is 291 g/mol. The summed E-state index contributed by atoms with van der Waals surface area (Å²) >= 11 is 0. The van der Waals surface area contributed by atoms with E-state index in [1.807, 2.05) is 6.92 Å². The van der Waals surface area contributed by atoms with Crippen LogP contribution in [0.25, 0.3) is 0 Å². The molecule has 0 spiro atoms. The molecule has 1 aliphatic rings. The molecule has 0 radical (unpaired) electrons. The van der Waals surface area contributed by atoms with Gasteiger partial charge in [-0.3, -0.25) is 14.9 Å². The van der Waals surface area contributed by atoms with Crippen molar-refractivity contribution >= 4 is 11.6 Å². The van der Waals surface area contributed by atoms with E-state index in [4.69, 9.17) is 0 Å². The first-order valence-corrected chi connectivity index (χ1v) is 7.30. The molecule has 0 aliphatic carbocycles. The van der Waals surface area contributed by atoms with E-state index >= 15 is 0 Å². The van der Waals surface area contributed by atoms with E-state index in [-0.39, 0.29) is 17.0 Å². The van der Waals surface area contributed by atoms with Gasteiger partial charge in [0.2, 0.25) is 5.91 Å². The van der Waals surface area contributed by atoms with Crippen LogP contribution in [0, 0.1) is 15.5 Å². The first-order valence-electron chi connectivity index (χ1n) is 7.30. The smallest absolute Gasteiger partial charge is 0.269 e. The zero-order valence-corrected chi connectivity index (χ0v) is 12.2. The fraction of sp³-hybridized carbons (Fsp3) is 0.533. The summed E-state index contributed by atoms with van der Waals surface area (Å²) in [6.07, 6.45) is 2.68. The van der Waals surface area contributed by atoms with Gasteiger partial charge in [-0.05, 0) is 31.4 Å². The molecule has 1 fully saturated rings. The third-order valence-corrected chi connectivity index (χ3v) is 4.21. The normalized spacial score (nSPS) is 21.8. The second kappa shape index (κ2) is 6.67. The fourth-order valence-corrected chi connectivity index (χ4v) is 2.77. The van der Waals surface area contributed by atoms with Gasteiger partial charge in [-0.25, -0.2) is 0 Å². The quantitative estimate of drug-likeness (QED) is 0.642. The van der Waals surface area contributed by atoms with Crippen LogP contribution in [0.1, 0.15) is 31.7 Å². The van der Waals surface area contributed by atoms with Gasteiger partial charge in [0.25, 0.3) is 5.69 Å². The number of rotatable bonds is 5. The van der Waals surface area contributed by atoms with Crippen LogP contribution < -0.4 is 10.6 Å². The molecule has 1 unspecified atom stereocenters. The molecule has 6 nitrogen and oxygen atoms in total. The zero-order valence-electron chi connectivity index (χ0n) is 12.2. The maximum absolute atomic E-state index is 12.5. The predicted octanol–water partition coefficient (Wildman–Crippen LogP) is 1.99. The van der Waals surface area contributed by atoms with Crippen molar-refractivity contribution in [3.05, 3.63) is 39.9 Å². The number of nitro benzene ring substituents is 1. The summed E-state index contributed by atoms with van der Waals surface area (Å²) in [5.41, 5.74) is 0.442. The zero-order chi connectivity index (χ0) is 15.3. The van der Waals surface area contributed by atoms with Gasteiger partial charge in [-0.15, -0.1) is 0 Å². The molecule has 1 amide bonds. The highest BCUT2D eigenvalue weighted by molar-refractivity contribution is 5.83. The maximum Gasteiger partial charge on any atom is 0.269 e. The molecule has 1 aromatic carbocycles. The summed E-state index contributed by atoms with van der Waals surface area (Å²) in [6, 6.07) is 6.37. The van der Waals surface area contributed by atoms with Gasteiger partial charge in [-0.1, -0.05) is 19.1 Å². The number of piperidine rings is 1. The van der Waals surface area contributed by atoms with Gasteiger partial charge < -0.3 is 10.6 Å². The number of amides is 1. The molecule has 1 saturated heterocycles. The van der Waals surface area contributed by atoms with Crippen molar-refractivity contribution in [1.29, 1.82) is 0 Å². The first-order chi connectivity index (χ1) is 10.1. The van der Waals surface area contributed by atoms with E-state index in [1.54, 1.807) is 12.1 Å². The van der Waals surface area contributed by atoms with Crippen molar-refractivity contribution in [2.75, 3.05) is 13.1 Å². The molecule has 0 bridgehead atoms. The second-order valence-electron chi connectivity index (χ2n) is 5.52. The van der Waals surface area contributed by atoms with E-state index in [0.29, 0.717) is 13.1 Å². The minimum atomic E-state index is -0.427. The monoisotopic (exact) mass is 291 g/mol. The Morgan fingerprint density at radius 2 is 2.33 bits per heavy atom. The summed E-state index contributed by atoms with van der Waals surface area (Å²) in [4.78, 5) is 22.8. The number of benzene rings is 1. The lowest BCUT2D eigenvalue weighted by Crippen LogP contribution is -2.50. The van der Waals surface area contributed by atoms with E-state index in [2.05, 4.69) is 10.6 Å². The van der Waals surface area contributed by atoms with Gasteiger partial charge in [0.15, 0.2) is 0 Å². The van der Waals surface area contributed by atoms with Crippen molar-refractivity contribution in [2.24, 2.45) is 5.41 Å². The van der Waals surface area contributed by atoms with Crippen LogP contribution in [0.3, 0.4) is 0 Å². The van der Waals surface area contributed by atoms with Gasteiger partial charge in [0, 0.05) is 25.2 Å². The number of carbonyl (C=O) groups excluding carboxylic acids is 1. The average Bonchev–Trinajstić information content (AvgIpc) is 2.53. The summed E-state index contributed by atoms with van der Waals surface area (Å²) in [5, 5.41) is 17.0. The largest absolute Gasteiger partial charge is 0.351 e. The Balaban J connectivity index is 2.00. The van der Waals surface area contributed by atoms with Gasteiger partial charge in [0.05, 0.1) is 10.3 Å².